The highest BCUT2D eigenvalue weighted by atomic mass is 32.2. The highest BCUT2D eigenvalue weighted by molar-refractivity contribution is 7.90. The molecule has 2 N–H and O–H groups in total. The Hall–Kier alpha value is -0.990. The summed E-state index contributed by atoms with van der Waals surface area (Å²) in [7, 11) is -1.43. The summed E-state index contributed by atoms with van der Waals surface area (Å²) in [6.07, 6.45) is 1.95. The van der Waals surface area contributed by atoms with Crippen LogP contribution < -0.4 is 5.73 Å². The zero-order valence-corrected chi connectivity index (χ0v) is 11.6. The molecule has 2 atom stereocenters. The first kappa shape index (κ1) is 15.1. The third kappa shape index (κ3) is 5.11. The fourth-order valence-corrected chi connectivity index (χ4v) is 1.99. The summed E-state index contributed by atoms with van der Waals surface area (Å²) < 4.78 is 32.1. The summed E-state index contributed by atoms with van der Waals surface area (Å²) in [6, 6.07) is -0.557. The molecule has 0 aliphatic rings. The second-order valence-corrected chi connectivity index (χ2v) is 6.58. The molecule has 1 heterocycles. The Morgan fingerprint density at radius 1 is 1.50 bits per heavy atom. The van der Waals surface area contributed by atoms with E-state index in [-0.39, 0.29) is 24.2 Å². The molecule has 0 saturated heterocycles. The van der Waals surface area contributed by atoms with Crippen molar-refractivity contribution in [3.63, 3.8) is 0 Å². The van der Waals surface area contributed by atoms with E-state index in [2.05, 4.69) is 10.1 Å². The molecule has 0 fully saturated rings. The average Bonchev–Trinajstić information content (AvgIpc) is 2.73. The van der Waals surface area contributed by atoms with Gasteiger partial charge in [0.25, 0.3) is 0 Å². The number of hydrogen-bond donors (Lipinski definition) is 1. The van der Waals surface area contributed by atoms with Gasteiger partial charge >= 0.3 is 0 Å². The number of nitrogens with two attached hydrogens (primary N) is 1. The summed E-state index contributed by atoms with van der Waals surface area (Å²) >= 11 is 0. The Bertz CT molecular complexity index is 471. The molecule has 0 aliphatic carbocycles. The van der Waals surface area contributed by atoms with Gasteiger partial charge in [0.1, 0.15) is 9.84 Å². The number of ether oxygens (including phenoxy) is 1. The summed E-state index contributed by atoms with van der Waals surface area (Å²) in [4.78, 5) is 4.12. The number of methoxy groups -OCH3 is 1. The molecule has 0 aromatic carbocycles. The lowest BCUT2D eigenvalue weighted by molar-refractivity contribution is 0.116. The van der Waals surface area contributed by atoms with Crippen molar-refractivity contribution in [2.24, 2.45) is 5.73 Å². The highest BCUT2D eigenvalue weighted by Gasteiger charge is 2.17. The van der Waals surface area contributed by atoms with Crippen LogP contribution in [0.1, 0.15) is 31.1 Å². The monoisotopic (exact) mass is 277 g/mol. The Morgan fingerprint density at radius 2 is 2.17 bits per heavy atom. The lowest BCUT2D eigenvalue weighted by Crippen LogP contribution is -2.16. The molecule has 7 nitrogen and oxygen atoms in total. The van der Waals surface area contributed by atoms with Crippen molar-refractivity contribution in [1.82, 2.24) is 10.1 Å². The molecular weight excluding hydrogens is 258 g/mol. The van der Waals surface area contributed by atoms with Gasteiger partial charge in [-0.3, -0.25) is 0 Å². The molecule has 2 unspecified atom stereocenters. The van der Waals surface area contributed by atoms with Crippen LogP contribution in [0.15, 0.2) is 4.52 Å². The maximum absolute atomic E-state index is 11.0. The van der Waals surface area contributed by atoms with Gasteiger partial charge in [-0.1, -0.05) is 5.16 Å². The minimum absolute atomic E-state index is 0.000351. The van der Waals surface area contributed by atoms with Crippen molar-refractivity contribution < 1.29 is 17.7 Å². The van der Waals surface area contributed by atoms with Crippen molar-refractivity contribution in [2.45, 2.75) is 31.9 Å². The van der Waals surface area contributed by atoms with E-state index in [4.69, 9.17) is 15.0 Å². The maximum Gasteiger partial charge on any atom is 0.243 e. The van der Waals surface area contributed by atoms with Gasteiger partial charge in [0, 0.05) is 19.8 Å². The summed E-state index contributed by atoms with van der Waals surface area (Å²) in [5, 5.41) is 3.77. The van der Waals surface area contributed by atoms with E-state index in [0.717, 1.165) is 0 Å². The summed E-state index contributed by atoms with van der Waals surface area (Å²) in [5.74, 6) is 0.770. The van der Waals surface area contributed by atoms with E-state index in [1.165, 1.54) is 6.26 Å². The summed E-state index contributed by atoms with van der Waals surface area (Å²) in [6.45, 7) is 1.89. The Balaban J connectivity index is 2.56. The number of nitrogens with zero attached hydrogens (tertiary/aromatic N) is 2. The molecule has 18 heavy (non-hydrogen) atoms. The number of rotatable bonds is 7. The molecule has 0 aliphatic heterocycles. The topological polar surface area (TPSA) is 108 Å². The normalized spacial score (nSPS) is 15.6. The standard InChI is InChI=1S/C10H19N3O4S/c1-7(16-2)6-9-12-10(17-13-9)8(11)4-5-18(3,14)15/h7-8H,4-6,11H2,1-3H3. The van der Waals surface area contributed by atoms with Crippen molar-refractivity contribution in [2.75, 3.05) is 19.1 Å². The largest absolute Gasteiger partial charge is 0.381 e. The zero-order valence-electron chi connectivity index (χ0n) is 10.8. The van der Waals surface area contributed by atoms with Gasteiger partial charge < -0.3 is 15.0 Å². The first-order valence-corrected chi connectivity index (χ1v) is 7.66. The number of aromatic nitrogens is 2. The predicted molar refractivity (Wildman–Crippen MR) is 65.7 cm³/mol. The Kier molecular flexibility index (Phi) is 5.24. The molecule has 8 heteroatoms. The first-order chi connectivity index (χ1) is 8.31. The minimum Gasteiger partial charge on any atom is -0.381 e. The second kappa shape index (κ2) is 6.26. The Morgan fingerprint density at radius 3 is 2.72 bits per heavy atom. The fourth-order valence-electron chi connectivity index (χ4n) is 1.31. The predicted octanol–water partition coefficient (Wildman–Crippen LogP) is 0.0815. The van der Waals surface area contributed by atoms with Crippen LogP contribution in [0.5, 0.6) is 0 Å². The maximum atomic E-state index is 11.0. The first-order valence-electron chi connectivity index (χ1n) is 5.60. The molecule has 1 rings (SSSR count). The lowest BCUT2D eigenvalue weighted by atomic mass is 10.2. The minimum atomic E-state index is -3.03. The van der Waals surface area contributed by atoms with Crippen LogP contribution in [0, 0.1) is 0 Å². The van der Waals surface area contributed by atoms with Crippen molar-refractivity contribution in [3.8, 4) is 0 Å². The quantitative estimate of drug-likeness (QED) is 0.751. The molecule has 0 bridgehead atoms. The van der Waals surface area contributed by atoms with Crippen LogP contribution in [-0.2, 0) is 21.0 Å². The zero-order chi connectivity index (χ0) is 13.8. The Labute approximate surface area is 107 Å². The number of hydrogen-bond acceptors (Lipinski definition) is 7. The molecule has 0 amide bonds. The van der Waals surface area contributed by atoms with E-state index in [9.17, 15) is 8.42 Å². The fraction of sp³-hybridized carbons (Fsp3) is 0.800. The SMILES string of the molecule is COC(C)Cc1noc(C(N)CCS(C)(=O)=O)n1. The van der Waals surface area contributed by atoms with Gasteiger partial charge in [-0.15, -0.1) is 0 Å². The molecular formula is C10H19N3O4S. The van der Waals surface area contributed by atoms with Crippen molar-refractivity contribution in [1.29, 1.82) is 0 Å². The van der Waals surface area contributed by atoms with Gasteiger partial charge in [-0.25, -0.2) is 8.42 Å². The van der Waals surface area contributed by atoms with Crippen LogP contribution in [0.2, 0.25) is 0 Å². The average molecular weight is 277 g/mol. The van der Waals surface area contributed by atoms with Crippen LogP contribution in [0.25, 0.3) is 0 Å². The molecule has 1 aromatic heterocycles. The second-order valence-electron chi connectivity index (χ2n) is 4.32. The van der Waals surface area contributed by atoms with Gasteiger partial charge in [0.05, 0.1) is 17.9 Å². The third-order valence-corrected chi connectivity index (χ3v) is 3.45. The molecule has 104 valence electrons. The van der Waals surface area contributed by atoms with Gasteiger partial charge in [0.15, 0.2) is 5.82 Å². The van der Waals surface area contributed by atoms with E-state index in [1.807, 2.05) is 6.92 Å². The molecule has 0 radical (unpaired) electrons. The van der Waals surface area contributed by atoms with Crippen LogP contribution in [0.4, 0.5) is 0 Å². The van der Waals surface area contributed by atoms with Crippen LogP contribution in [0.3, 0.4) is 0 Å². The molecule has 0 spiro atoms. The van der Waals surface area contributed by atoms with Crippen molar-refractivity contribution in [3.05, 3.63) is 11.7 Å². The lowest BCUT2D eigenvalue weighted by Gasteiger charge is -2.05. The van der Waals surface area contributed by atoms with E-state index < -0.39 is 15.9 Å². The highest BCUT2D eigenvalue weighted by Crippen LogP contribution is 2.13. The number of sulfone groups is 1. The van der Waals surface area contributed by atoms with Gasteiger partial charge in [-0.05, 0) is 13.3 Å². The van der Waals surface area contributed by atoms with E-state index in [0.29, 0.717) is 12.2 Å². The van der Waals surface area contributed by atoms with Crippen LogP contribution >= 0.6 is 0 Å². The van der Waals surface area contributed by atoms with E-state index >= 15 is 0 Å². The summed E-state index contributed by atoms with van der Waals surface area (Å²) in [5.41, 5.74) is 5.79. The third-order valence-electron chi connectivity index (χ3n) is 2.47. The van der Waals surface area contributed by atoms with Crippen molar-refractivity contribution >= 4 is 9.84 Å². The molecule has 1 aromatic rings. The molecule has 0 saturated carbocycles. The van der Waals surface area contributed by atoms with E-state index in [1.54, 1.807) is 7.11 Å². The van der Waals surface area contributed by atoms with Gasteiger partial charge in [0.2, 0.25) is 5.89 Å². The van der Waals surface area contributed by atoms with Gasteiger partial charge in [-0.2, -0.15) is 4.98 Å². The smallest absolute Gasteiger partial charge is 0.243 e. The van der Waals surface area contributed by atoms with Crippen LogP contribution in [-0.4, -0.2) is 43.8 Å².